The third kappa shape index (κ3) is 65.6. The van der Waals surface area contributed by atoms with E-state index in [1.54, 1.807) is 0 Å². The number of phosphoric ester groups is 1. The van der Waals surface area contributed by atoms with Crippen LogP contribution in [0, 0.1) is 0 Å². The van der Waals surface area contributed by atoms with Gasteiger partial charge in [0.25, 0.3) is 0 Å². The van der Waals surface area contributed by atoms with Gasteiger partial charge in [-0.3, -0.25) is 18.6 Å². The van der Waals surface area contributed by atoms with Gasteiger partial charge in [-0.05, 0) is 64.2 Å². The highest BCUT2D eigenvalue weighted by Gasteiger charge is 2.27. The Morgan fingerprint density at radius 2 is 0.637 bits per heavy atom. The second-order valence-corrected chi connectivity index (χ2v) is 26.7. The molecular formula is C70H137NO8P+. The fourth-order valence-corrected chi connectivity index (χ4v) is 11.3. The largest absolute Gasteiger partial charge is 0.472 e. The SMILES string of the molecule is CCCCCCCC/C=C\CCCCCCCCCC(=O)OCC(COP(=O)(O)OCC[N+](C)(C)C)OC(=O)CCCCCCCCCCCCCCCCCCCCCCCCCCCCC/C=C\CCCCCCCCCC. The number of unbranched alkanes of at least 4 members (excludes halogenated alkanes) is 48. The van der Waals surface area contributed by atoms with E-state index in [-0.39, 0.29) is 32.0 Å². The van der Waals surface area contributed by atoms with Gasteiger partial charge in [0, 0.05) is 12.8 Å². The van der Waals surface area contributed by atoms with Crippen molar-refractivity contribution in [3.05, 3.63) is 24.3 Å². The molecule has 0 bridgehead atoms. The third-order valence-electron chi connectivity index (χ3n) is 16.0. The molecule has 2 unspecified atom stereocenters. The Hall–Kier alpha value is -1.51. The number of hydrogen-bond donors (Lipinski definition) is 1. The quantitative estimate of drug-likeness (QED) is 0.0211. The number of likely N-dealkylation sites (N-methyl/N-ethyl adjacent to an activating group) is 1. The van der Waals surface area contributed by atoms with Crippen molar-refractivity contribution in [3.8, 4) is 0 Å². The van der Waals surface area contributed by atoms with Crippen LogP contribution in [-0.4, -0.2) is 74.9 Å². The first-order chi connectivity index (χ1) is 39.0. The molecule has 10 heteroatoms. The summed E-state index contributed by atoms with van der Waals surface area (Å²) in [4.78, 5) is 35.8. The van der Waals surface area contributed by atoms with Gasteiger partial charge in [0.1, 0.15) is 19.8 Å². The Balaban J connectivity index is 3.88. The number of esters is 2. The van der Waals surface area contributed by atoms with Crippen molar-refractivity contribution < 1.29 is 42.1 Å². The summed E-state index contributed by atoms with van der Waals surface area (Å²) < 4.78 is 34.7. The van der Waals surface area contributed by atoms with Crippen LogP contribution in [0.3, 0.4) is 0 Å². The minimum atomic E-state index is -4.39. The number of hydrogen-bond acceptors (Lipinski definition) is 7. The van der Waals surface area contributed by atoms with Gasteiger partial charge in [0.15, 0.2) is 6.10 Å². The minimum Gasteiger partial charge on any atom is -0.462 e. The Labute approximate surface area is 498 Å². The van der Waals surface area contributed by atoms with Crippen molar-refractivity contribution in [2.75, 3.05) is 47.5 Å². The van der Waals surface area contributed by atoms with Crippen LogP contribution in [0.4, 0.5) is 0 Å². The van der Waals surface area contributed by atoms with Crippen molar-refractivity contribution in [2.24, 2.45) is 0 Å². The Morgan fingerprint density at radius 1 is 0.375 bits per heavy atom. The predicted octanol–water partition coefficient (Wildman–Crippen LogP) is 22.5. The Morgan fingerprint density at radius 3 is 0.925 bits per heavy atom. The molecule has 1 N–H and O–H groups in total. The lowest BCUT2D eigenvalue weighted by Gasteiger charge is -2.24. The number of phosphoric acid groups is 1. The third-order valence-corrected chi connectivity index (χ3v) is 16.9. The smallest absolute Gasteiger partial charge is 0.462 e. The van der Waals surface area contributed by atoms with E-state index in [4.69, 9.17) is 18.5 Å². The highest BCUT2D eigenvalue weighted by atomic mass is 31.2. The summed E-state index contributed by atoms with van der Waals surface area (Å²) in [5.41, 5.74) is 0. The maximum Gasteiger partial charge on any atom is 0.472 e. The first kappa shape index (κ1) is 78.5. The molecule has 9 nitrogen and oxygen atoms in total. The number of rotatable bonds is 66. The van der Waals surface area contributed by atoms with Crippen molar-refractivity contribution >= 4 is 19.8 Å². The van der Waals surface area contributed by atoms with Gasteiger partial charge in [0.2, 0.25) is 0 Å². The monoisotopic (exact) mass is 1150 g/mol. The highest BCUT2D eigenvalue weighted by Crippen LogP contribution is 2.43. The maximum atomic E-state index is 12.9. The zero-order valence-electron chi connectivity index (χ0n) is 54.1. The first-order valence-corrected chi connectivity index (χ1v) is 36.6. The molecule has 474 valence electrons. The van der Waals surface area contributed by atoms with Gasteiger partial charge < -0.3 is 18.9 Å². The lowest BCUT2D eigenvalue weighted by atomic mass is 10.0. The second kappa shape index (κ2) is 62.0. The summed E-state index contributed by atoms with van der Waals surface area (Å²) >= 11 is 0. The van der Waals surface area contributed by atoms with E-state index < -0.39 is 26.5 Å². The summed E-state index contributed by atoms with van der Waals surface area (Å²) in [6, 6.07) is 0. The normalized spacial score (nSPS) is 13.2. The highest BCUT2D eigenvalue weighted by molar-refractivity contribution is 7.47. The van der Waals surface area contributed by atoms with Gasteiger partial charge in [-0.1, -0.05) is 308 Å². The summed E-state index contributed by atoms with van der Waals surface area (Å²) in [6.45, 7) is 4.48. The molecular weight excluding hydrogens is 1010 g/mol. The number of carbonyl (C=O) groups is 2. The van der Waals surface area contributed by atoms with Crippen molar-refractivity contribution in [1.82, 2.24) is 0 Å². The number of ether oxygens (including phenoxy) is 2. The van der Waals surface area contributed by atoms with E-state index in [1.165, 1.54) is 295 Å². The van der Waals surface area contributed by atoms with Gasteiger partial charge >= 0.3 is 19.8 Å². The Kier molecular flexibility index (Phi) is 60.9. The Bertz CT molecular complexity index is 1400. The molecule has 0 saturated carbocycles. The van der Waals surface area contributed by atoms with Crippen molar-refractivity contribution in [3.63, 3.8) is 0 Å². The predicted molar refractivity (Wildman–Crippen MR) is 344 cm³/mol. The minimum absolute atomic E-state index is 0.0343. The average Bonchev–Trinajstić information content (AvgIpc) is 3.42. The van der Waals surface area contributed by atoms with Crippen molar-refractivity contribution in [2.45, 2.75) is 367 Å². The van der Waals surface area contributed by atoms with Crippen LogP contribution < -0.4 is 0 Å². The number of allylic oxidation sites excluding steroid dienone is 4. The summed E-state index contributed by atoms with van der Waals surface area (Å²) in [5, 5.41) is 0. The second-order valence-electron chi connectivity index (χ2n) is 25.3. The summed E-state index contributed by atoms with van der Waals surface area (Å²) in [6.07, 6.45) is 77.3. The van der Waals surface area contributed by atoms with Crippen LogP contribution in [0.5, 0.6) is 0 Å². The molecule has 0 aliphatic rings. The molecule has 0 saturated heterocycles. The molecule has 0 aromatic carbocycles. The molecule has 0 aliphatic heterocycles. The zero-order valence-corrected chi connectivity index (χ0v) is 55.0. The lowest BCUT2D eigenvalue weighted by molar-refractivity contribution is -0.870. The van der Waals surface area contributed by atoms with Crippen LogP contribution in [0.25, 0.3) is 0 Å². The first-order valence-electron chi connectivity index (χ1n) is 35.1. The number of carbonyl (C=O) groups excluding carboxylic acids is 2. The molecule has 0 aliphatic carbocycles. The zero-order chi connectivity index (χ0) is 58.4. The molecule has 0 spiro atoms. The molecule has 80 heavy (non-hydrogen) atoms. The maximum absolute atomic E-state index is 12.9. The van der Waals surface area contributed by atoms with E-state index >= 15 is 0 Å². The van der Waals surface area contributed by atoms with Gasteiger partial charge in [0.05, 0.1) is 27.7 Å². The van der Waals surface area contributed by atoms with E-state index in [2.05, 4.69) is 38.2 Å². The molecule has 0 amide bonds. The van der Waals surface area contributed by atoms with E-state index in [0.29, 0.717) is 17.4 Å². The molecule has 0 aromatic heterocycles. The lowest BCUT2D eigenvalue weighted by Crippen LogP contribution is -2.37. The number of nitrogens with zero attached hydrogens (tertiary/aromatic N) is 1. The summed E-state index contributed by atoms with van der Waals surface area (Å²) in [7, 11) is 1.49. The molecule has 2 atom stereocenters. The fraction of sp³-hybridized carbons (Fsp3) is 0.914. The van der Waals surface area contributed by atoms with Crippen LogP contribution in [0.2, 0.25) is 0 Å². The van der Waals surface area contributed by atoms with E-state index in [1.807, 2.05) is 21.1 Å². The van der Waals surface area contributed by atoms with Crippen LogP contribution in [-0.2, 0) is 32.7 Å². The van der Waals surface area contributed by atoms with Crippen molar-refractivity contribution in [1.29, 1.82) is 0 Å². The topological polar surface area (TPSA) is 108 Å². The standard InChI is InChI=1S/C70H136NO8P/c1-6-8-10-12-14-16-18-20-22-24-25-26-27-28-29-30-31-32-33-34-35-36-37-38-39-40-41-42-43-44-45-47-49-51-53-55-57-59-61-63-70(73)79-68(67-78-80(74,75)77-65-64-71(3,4)5)66-76-69(72)62-60-58-56-54-52-50-48-46-23-21-19-17-15-13-11-9-7-2/h21,23-25,68H,6-20,22,26-67H2,1-5H3/p+1/b23-21-,25-24-. The van der Waals surface area contributed by atoms with Gasteiger partial charge in [-0.25, -0.2) is 4.57 Å². The average molecular weight is 1150 g/mol. The van der Waals surface area contributed by atoms with Crippen LogP contribution >= 0.6 is 7.82 Å². The van der Waals surface area contributed by atoms with Crippen LogP contribution in [0.15, 0.2) is 24.3 Å². The number of quaternary nitrogens is 1. The summed E-state index contributed by atoms with van der Waals surface area (Å²) in [5.74, 6) is -0.783. The molecule has 0 aromatic rings. The molecule has 0 heterocycles. The van der Waals surface area contributed by atoms with Gasteiger partial charge in [-0.15, -0.1) is 0 Å². The van der Waals surface area contributed by atoms with Gasteiger partial charge in [-0.2, -0.15) is 0 Å². The van der Waals surface area contributed by atoms with E-state index in [0.717, 1.165) is 32.1 Å². The van der Waals surface area contributed by atoms with E-state index in [9.17, 15) is 19.0 Å². The molecule has 0 fully saturated rings. The van der Waals surface area contributed by atoms with Crippen LogP contribution in [0.1, 0.15) is 361 Å². The molecule has 0 rings (SSSR count). The molecule has 0 radical (unpaired) electrons. The fourth-order valence-electron chi connectivity index (χ4n) is 10.5.